The number of halogens is 3. The Morgan fingerprint density at radius 1 is 1.05 bits per heavy atom. The van der Waals surface area contributed by atoms with Gasteiger partial charge in [-0.05, 0) is 17.7 Å². The number of benzene rings is 2. The van der Waals surface area contributed by atoms with Crippen LogP contribution in [0.1, 0.15) is 21.5 Å². The quantitative estimate of drug-likeness (QED) is 0.877. The van der Waals surface area contributed by atoms with Crippen LogP contribution >= 0.6 is 0 Å². The number of hydrogen-bond donors (Lipinski definition) is 1. The SMILES string of the molecule is O=C(OCc1ccccc1)c1cccc(C(F)(F)F)c1O. The van der Waals surface area contributed by atoms with Gasteiger partial charge < -0.3 is 9.84 Å². The third-order valence-corrected chi connectivity index (χ3v) is 2.77. The van der Waals surface area contributed by atoms with Gasteiger partial charge in [0.1, 0.15) is 17.9 Å². The molecule has 6 heteroatoms. The van der Waals surface area contributed by atoms with E-state index in [1.54, 1.807) is 30.3 Å². The lowest BCUT2D eigenvalue weighted by molar-refractivity contribution is -0.138. The Hall–Kier alpha value is -2.50. The van der Waals surface area contributed by atoms with Crippen molar-refractivity contribution in [3.05, 3.63) is 65.2 Å². The summed E-state index contributed by atoms with van der Waals surface area (Å²) in [7, 11) is 0. The second-order valence-electron chi connectivity index (χ2n) is 4.26. The van der Waals surface area contributed by atoms with E-state index >= 15 is 0 Å². The fourth-order valence-electron chi connectivity index (χ4n) is 1.74. The van der Waals surface area contributed by atoms with Crippen LogP contribution in [0, 0.1) is 0 Å². The molecular formula is C15H11F3O3. The van der Waals surface area contributed by atoms with Crippen LogP contribution in [-0.2, 0) is 17.5 Å². The predicted molar refractivity (Wildman–Crippen MR) is 68.7 cm³/mol. The van der Waals surface area contributed by atoms with Gasteiger partial charge in [0.05, 0.1) is 5.56 Å². The van der Waals surface area contributed by atoms with Gasteiger partial charge in [-0.1, -0.05) is 36.4 Å². The molecule has 0 aliphatic heterocycles. The minimum absolute atomic E-state index is 0.0879. The van der Waals surface area contributed by atoms with Gasteiger partial charge in [-0.25, -0.2) is 4.79 Å². The number of phenols is 1. The number of esters is 1. The van der Waals surface area contributed by atoms with Crippen LogP contribution in [-0.4, -0.2) is 11.1 Å². The van der Waals surface area contributed by atoms with E-state index in [0.717, 1.165) is 12.1 Å². The molecule has 0 aromatic heterocycles. The summed E-state index contributed by atoms with van der Waals surface area (Å²) in [4.78, 5) is 11.8. The van der Waals surface area contributed by atoms with Crippen molar-refractivity contribution in [3.8, 4) is 5.75 Å². The molecule has 0 aliphatic carbocycles. The van der Waals surface area contributed by atoms with Crippen molar-refractivity contribution in [2.75, 3.05) is 0 Å². The van der Waals surface area contributed by atoms with Crippen molar-refractivity contribution in [2.24, 2.45) is 0 Å². The highest BCUT2D eigenvalue weighted by Crippen LogP contribution is 2.37. The number of rotatable bonds is 3. The van der Waals surface area contributed by atoms with E-state index in [9.17, 15) is 23.1 Å². The standard InChI is InChI=1S/C15H11F3O3/c16-15(17,18)12-8-4-7-11(13(12)19)14(20)21-9-10-5-2-1-3-6-10/h1-8,19H,9H2. The number of aromatic hydroxyl groups is 1. The van der Waals surface area contributed by atoms with Crippen molar-refractivity contribution in [1.82, 2.24) is 0 Å². The van der Waals surface area contributed by atoms with E-state index in [1.807, 2.05) is 0 Å². The Morgan fingerprint density at radius 2 is 1.71 bits per heavy atom. The summed E-state index contributed by atoms with van der Waals surface area (Å²) in [5.74, 6) is -2.13. The molecule has 2 rings (SSSR count). The highest BCUT2D eigenvalue weighted by molar-refractivity contribution is 5.92. The van der Waals surface area contributed by atoms with Crippen LogP contribution in [0.4, 0.5) is 13.2 Å². The van der Waals surface area contributed by atoms with Crippen molar-refractivity contribution >= 4 is 5.97 Å². The Balaban J connectivity index is 2.17. The molecule has 0 radical (unpaired) electrons. The molecule has 0 unspecified atom stereocenters. The summed E-state index contributed by atoms with van der Waals surface area (Å²) in [6.45, 7) is -0.0879. The first kappa shape index (κ1) is 14.9. The van der Waals surface area contributed by atoms with Gasteiger partial charge in [-0.15, -0.1) is 0 Å². The first-order chi connectivity index (χ1) is 9.89. The zero-order chi connectivity index (χ0) is 15.5. The summed E-state index contributed by atoms with van der Waals surface area (Å²) in [5.41, 5.74) is -1.09. The maximum Gasteiger partial charge on any atom is 0.419 e. The molecule has 0 heterocycles. The number of hydrogen-bond acceptors (Lipinski definition) is 3. The monoisotopic (exact) mass is 296 g/mol. The topological polar surface area (TPSA) is 46.5 Å². The van der Waals surface area contributed by atoms with E-state index in [-0.39, 0.29) is 6.61 Å². The van der Waals surface area contributed by atoms with Gasteiger partial charge in [0.15, 0.2) is 0 Å². The van der Waals surface area contributed by atoms with Gasteiger partial charge in [-0.3, -0.25) is 0 Å². The summed E-state index contributed by atoms with van der Waals surface area (Å²) in [6.07, 6.45) is -4.74. The van der Waals surface area contributed by atoms with E-state index in [0.29, 0.717) is 11.6 Å². The number of ether oxygens (including phenoxy) is 1. The van der Waals surface area contributed by atoms with Gasteiger partial charge in [-0.2, -0.15) is 13.2 Å². The second-order valence-corrected chi connectivity index (χ2v) is 4.26. The molecule has 0 spiro atoms. The molecule has 0 bridgehead atoms. The molecule has 0 atom stereocenters. The molecule has 21 heavy (non-hydrogen) atoms. The minimum Gasteiger partial charge on any atom is -0.506 e. The first-order valence-corrected chi connectivity index (χ1v) is 6.00. The van der Waals surface area contributed by atoms with Crippen molar-refractivity contribution in [3.63, 3.8) is 0 Å². The first-order valence-electron chi connectivity index (χ1n) is 6.00. The molecular weight excluding hydrogens is 285 g/mol. The lowest BCUT2D eigenvalue weighted by Gasteiger charge is -2.12. The van der Waals surface area contributed by atoms with Crippen molar-refractivity contribution in [1.29, 1.82) is 0 Å². The van der Waals surface area contributed by atoms with E-state index in [2.05, 4.69) is 0 Å². The van der Waals surface area contributed by atoms with E-state index in [1.165, 1.54) is 0 Å². The predicted octanol–water partition coefficient (Wildman–Crippen LogP) is 3.77. The number of phenolic OH excluding ortho intramolecular Hbond substituents is 1. The molecule has 2 aromatic carbocycles. The van der Waals surface area contributed by atoms with Gasteiger partial charge in [0.2, 0.25) is 0 Å². The Morgan fingerprint density at radius 3 is 2.33 bits per heavy atom. The summed E-state index contributed by atoms with van der Waals surface area (Å²) in [6, 6.07) is 11.5. The summed E-state index contributed by atoms with van der Waals surface area (Å²) >= 11 is 0. The third kappa shape index (κ3) is 3.53. The third-order valence-electron chi connectivity index (χ3n) is 2.77. The summed E-state index contributed by atoms with van der Waals surface area (Å²) < 4.78 is 42.8. The maximum absolute atomic E-state index is 12.6. The highest BCUT2D eigenvalue weighted by Gasteiger charge is 2.35. The smallest absolute Gasteiger partial charge is 0.419 e. The molecule has 0 saturated carbocycles. The molecule has 110 valence electrons. The molecule has 0 amide bonds. The van der Waals surface area contributed by atoms with Gasteiger partial charge in [0.25, 0.3) is 0 Å². The summed E-state index contributed by atoms with van der Waals surface area (Å²) in [5, 5.41) is 9.57. The number of para-hydroxylation sites is 1. The Kier molecular flexibility index (Phi) is 4.16. The number of alkyl halides is 3. The molecule has 2 aromatic rings. The second kappa shape index (κ2) is 5.87. The van der Waals surface area contributed by atoms with Crippen LogP contribution < -0.4 is 0 Å². The zero-order valence-electron chi connectivity index (χ0n) is 10.7. The van der Waals surface area contributed by atoms with E-state index < -0.39 is 29.0 Å². The average molecular weight is 296 g/mol. The van der Waals surface area contributed by atoms with Gasteiger partial charge in [0, 0.05) is 0 Å². The number of carbonyl (C=O) groups excluding carboxylic acids is 1. The van der Waals surface area contributed by atoms with Crippen LogP contribution in [0.25, 0.3) is 0 Å². The molecule has 3 nitrogen and oxygen atoms in total. The largest absolute Gasteiger partial charge is 0.506 e. The van der Waals surface area contributed by atoms with E-state index in [4.69, 9.17) is 4.74 Å². The maximum atomic E-state index is 12.6. The lowest BCUT2D eigenvalue weighted by Crippen LogP contribution is -2.10. The van der Waals surface area contributed by atoms with Gasteiger partial charge >= 0.3 is 12.1 Å². The van der Waals surface area contributed by atoms with Crippen molar-refractivity contribution < 1.29 is 27.8 Å². The Labute approximate surface area is 118 Å². The lowest BCUT2D eigenvalue weighted by atomic mass is 10.1. The van der Waals surface area contributed by atoms with Crippen LogP contribution in [0.5, 0.6) is 5.75 Å². The van der Waals surface area contributed by atoms with Crippen LogP contribution in [0.2, 0.25) is 0 Å². The fraction of sp³-hybridized carbons (Fsp3) is 0.133. The molecule has 0 aliphatic rings. The normalized spacial score (nSPS) is 11.2. The molecule has 0 saturated heterocycles. The van der Waals surface area contributed by atoms with Crippen LogP contribution in [0.15, 0.2) is 48.5 Å². The van der Waals surface area contributed by atoms with Crippen molar-refractivity contribution in [2.45, 2.75) is 12.8 Å². The number of carbonyl (C=O) groups is 1. The molecule has 1 N–H and O–H groups in total. The average Bonchev–Trinajstić information content (AvgIpc) is 2.45. The van der Waals surface area contributed by atoms with Crippen LogP contribution in [0.3, 0.4) is 0 Å². The molecule has 0 fully saturated rings. The Bertz CT molecular complexity index is 636. The minimum atomic E-state index is -4.74. The fourth-order valence-corrected chi connectivity index (χ4v) is 1.74. The highest BCUT2D eigenvalue weighted by atomic mass is 19.4. The zero-order valence-corrected chi connectivity index (χ0v) is 10.7.